The maximum atomic E-state index is 14.8. The molecule has 1 aromatic carbocycles. The number of aromatic nitrogens is 2. The smallest absolute Gasteiger partial charge is 0.276 e. The third kappa shape index (κ3) is 3.89. The molecule has 0 radical (unpaired) electrons. The molecule has 148 valence electrons. The second-order valence-electron chi connectivity index (χ2n) is 7.26. The lowest BCUT2D eigenvalue weighted by atomic mass is 10.0. The molecule has 6 nitrogen and oxygen atoms in total. The van der Waals surface area contributed by atoms with E-state index in [1.54, 1.807) is 0 Å². The van der Waals surface area contributed by atoms with Gasteiger partial charge in [-0.05, 0) is 49.3 Å². The highest BCUT2D eigenvalue weighted by Gasteiger charge is 2.44. The average Bonchev–Trinajstić information content (AvgIpc) is 3.13. The second-order valence-corrected chi connectivity index (χ2v) is 8.28. The van der Waals surface area contributed by atoms with Gasteiger partial charge >= 0.3 is 0 Å². The normalized spacial score (nSPS) is 18.1. The lowest BCUT2D eigenvalue weighted by Crippen LogP contribution is -2.47. The van der Waals surface area contributed by atoms with Crippen molar-refractivity contribution in [2.45, 2.75) is 56.7 Å². The molecule has 2 aliphatic carbocycles. The Labute approximate surface area is 171 Å². The van der Waals surface area contributed by atoms with E-state index in [1.807, 2.05) is 0 Å². The van der Waals surface area contributed by atoms with E-state index in [-0.39, 0.29) is 28.4 Å². The fraction of sp³-hybridized carbons (Fsp3) is 0.474. The van der Waals surface area contributed by atoms with Crippen LogP contribution in [0.4, 0.5) is 4.39 Å². The molecule has 1 aromatic heterocycles. The third-order valence-corrected chi connectivity index (χ3v) is 6.09. The molecule has 2 fully saturated rings. The van der Waals surface area contributed by atoms with Crippen molar-refractivity contribution in [1.29, 1.82) is 0 Å². The summed E-state index contributed by atoms with van der Waals surface area (Å²) in [4.78, 5) is 27.9. The van der Waals surface area contributed by atoms with Gasteiger partial charge in [-0.25, -0.2) is 4.39 Å². The zero-order valence-corrected chi connectivity index (χ0v) is 16.7. The predicted octanol–water partition coefficient (Wildman–Crippen LogP) is 3.74. The maximum Gasteiger partial charge on any atom is 0.276 e. The summed E-state index contributed by atoms with van der Waals surface area (Å²) in [6.45, 7) is 0. The summed E-state index contributed by atoms with van der Waals surface area (Å²) < 4.78 is 18.5. The van der Waals surface area contributed by atoms with Crippen LogP contribution in [0, 0.1) is 5.82 Å². The Hall–Kier alpha value is -2.06. The molecule has 2 saturated carbocycles. The van der Waals surface area contributed by atoms with Crippen molar-refractivity contribution >= 4 is 34.9 Å². The first kappa shape index (κ1) is 19.3. The molecule has 2 aliphatic rings. The zero-order chi connectivity index (χ0) is 19.7. The van der Waals surface area contributed by atoms with E-state index >= 15 is 0 Å². The van der Waals surface area contributed by atoms with E-state index < -0.39 is 23.7 Å². The summed E-state index contributed by atoms with van der Waals surface area (Å²) in [5, 5.41) is 8.51. The van der Waals surface area contributed by atoms with Gasteiger partial charge in [-0.2, -0.15) is 0 Å². The van der Waals surface area contributed by atoms with Crippen LogP contribution in [0.15, 0.2) is 23.6 Å². The number of nitrogens with zero attached hydrogens (tertiary/aromatic N) is 3. The van der Waals surface area contributed by atoms with E-state index in [1.165, 1.54) is 28.5 Å². The molecule has 1 heterocycles. The molecule has 2 aromatic rings. The second kappa shape index (κ2) is 8.13. The lowest BCUT2D eigenvalue weighted by molar-refractivity contribution is -0.127. The topological polar surface area (TPSA) is 75.2 Å². The number of benzene rings is 1. The van der Waals surface area contributed by atoms with Crippen LogP contribution in [0.3, 0.4) is 0 Å². The molecule has 9 heteroatoms. The van der Waals surface area contributed by atoms with Crippen molar-refractivity contribution in [3.05, 3.63) is 45.7 Å². The third-order valence-electron chi connectivity index (χ3n) is 5.26. The van der Waals surface area contributed by atoms with Crippen molar-refractivity contribution in [2.24, 2.45) is 0 Å². The highest BCUT2D eigenvalue weighted by Crippen LogP contribution is 2.39. The number of carbonyl (C=O) groups excluding carboxylic acids is 2. The van der Waals surface area contributed by atoms with E-state index in [9.17, 15) is 14.0 Å². The quantitative estimate of drug-likeness (QED) is 0.769. The summed E-state index contributed by atoms with van der Waals surface area (Å²) in [6.07, 6.45) is 5.37. The number of nitrogens with one attached hydrogen (secondary N) is 1. The van der Waals surface area contributed by atoms with Gasteiger partial charge in [0.25, 0.3) is 5.91 Å². The molecule has 0 unspecified atom stereocenters. The Balaban J connectivity index is 1.74. The van der Waals surface area contributed by atoms with Gasteiger partial charge in [0.05, 0.1) is 0 Å². The number of carbonyl (C=O) groups is 2. The van der Waals surface area contributed by atoms with Gasteiger partial charge < -0.3 is 10.2 Å². The molecular formula is C19H20ClFN4O2S. The fourth-order valence-corrected chi connectivity index (χ4v) is 4.45. The Morgan fingerprint density at radius 2 is 2.00 bits per heavy atom. The molecule has 0 aliphatic heterocycles. The molecule has 28 heavy (non-hydrogen) atoms. The number of hydrogen-bond acceptors (Lipinski definition) is 5. The van der Waals surface area contributed by atoms with Crippen LogP contribution in [0.1, 0.15) is 60.6 Å². The van der Waals surface area contributed by atoms with E-state index in [0.29, 0.717) is 0 Å². The number of rotatable bonds is 6. The monoisotopic (exact) mass is 422 g/mol. The van der Waals surface area contributed by atoms with Crippen molar-refractivity contribution < 1.29 is 14.0 Å². The van der Waals surface area contributed by atoms with Crippen LogP contribution < -0.4 is 5.32 Å². The van der Waals surface area contributed by atoms with Crippen molar-refractivity contribution in [3.63, 3.8) is 0 Å². The molecule has 0 saturated heterocycles. The van der Waals surface area contributed by atoms with Gasteiger partial charge in [-0.3, -0.25) is 9.59 Å². The Bertz CT molecular complexity index is 849. The van der Waals surface area contributed by atoms with E-state index in [4.69, 9.17) is 11.6 Å². The van der Waals surface area contributed by atoms with Gasteiger partial charge in [0.15, 0.2) is 5.69 Å². The highest BCUT2D eigenvalue weighted by molar-refractivity contribution is 7.03. The number of halogens is 2. The minimum absolute atomic E-state index is 0.0307. The van der Waals surface area contributed by atoms with Gasteiger partial charge in [-0.15, -0.1) is 5.10 Å². The first-order chi connectivity index (χ1) is 13.6. The first-order valence-corrected chi connectivity index (χ1v) is 10.6. The van der Waals surface area contributed by atoms with Crippen LogP contribution in [-0.2, 0) is 4.79 Å². The van der Waals surface area contributed by atoms with E-state index in [0.717, 1.165) is 50.1 Å². The zero-order valence-electron chi connectivity index (χ0n) is 15.1. The van der Waals surface area contributed by atoms with Crippen LogP contribution >= 0.6 is 23.1 Å². The molecule has 0 bridgehead atoms. The largest absolute Gasteiger partial charge is 0.351 e. The van der Waals surface area contributed by atoms with Gasteiger partial charge in [0, 0.05) is 28.0 Å². The molecule has 1 N–H and O–H groups in total. The summed E-state index contributed by atoms with van der Waals surface area (Å²) in [6, 6.07) is 3.03. The SMILES string of the molecule is O=C(NC1CCCC1)[C@H](c1c(F)cccc1Cl)N(C(=O)c1csnn1)C1CC1. The first-order valence-electron chi connectivity index (χ1n) is 9.40. The van der Waals surface area contributed by atoms with Crippen molar-refractivity contribution in [1.82, 2.24) is 19.8 Å². The highest BCUT2D eigenvalue weighted by atomic mass is 35.5. The number of hydrogen-bond donors (Lipinski definition) is 1. The van der Waals surface area contributed by atoms with Gasteiger partial charge in [-0.1, -0.05) is 35.0 Å². The van der Waals surface area contributed by atoms with Crippen LogP contribution in [-0.4, -0.2) is 38.4 Å². The van der Waals surface area contributed by atoms with Crippen molar-refractivity contribution in [2.75, 3.05) is 0 Å². The molecule has 1 atom stereocenters. The standard InChI is InChI=1S/C19H20ClFN4O2S/c20-13-6-3-7-14(21)16(13)17(18(26)22-11-4-1-2-5-11)25(12-8-9-12)19(27)15-10-28-24-23-15/h3,6-7,10-12,17H,1-2,4-5,8-9H2,(H,22,26)/t17-/m0/s1. The minimum Gasteiger partial charge on any atom is -0.351 e. The summed E-state index contributed by atoms with van der Waals surface area (Å²) in [5.41, 5.74) is 0.186. The Kier molecular flexibility index (Phi) is 5.59. The van der Waals surface area contributed by atoms with E-state index in [2.05, 4.69) is 14.9 Å². The predicted molar refractivity (Wildman–Crippen MR) is 104 cm³/mol. The Morgan fingerprint density at radius 1 is 1.25 bits per heavy atom. The molecule has 4 rings (SSSR count). The van der Waals surface area contributed by atoms with Crippen LogP contribution in [0.25, 0.3) is 0 Å². The average molecular weight is 423 g/mol. The number of amides is 2. The molecule has 2 amide bonds. The van der Waals surface area contributed by atoms with Gasteiger partial charge in [0.1, 0.15) is 11.9 Å². The van der Waals surface area contributed by atoms with Crippen molar-refractivity contribution in [3.8, 4) is 0 Å². The summed E-state index contributed by atoms with van der Waals surface area (Å²) in [7, 11) is 0. The molecule has 0 spiro atoms. The Morgan fingerprint density at radius 3 is 2.61 bits per heavy atom. The van der Waals surface area contributed by atoms with Crippen LogP contribution in [0.2, 0.25) is 5.02 Å². The lowest BCUT2D eigenvalue weighted by Gasteiger charge is -2.32. The fourth-order valence-electron chi connectivity index (χ4n) is 3.76. The molecular weight excluding hydrogens is 403 g/mol. The maximum absolute atomic E-state index is 14.8. The van der Waals surface area contributed by atoms with Crippen LogP contribution in [0.5, 0.6) is 0 Å². The summed E-state index contributed by atoms with van der Waals surface area (Å²) >= 11 is 7.36. The summed E-state index contributed by atoms with van der Waals surface area (Å²) in [5.74, 6) is -1.43. The minimum atomic E-state index is -1.14. The van der Waals surface area contributed by atoms with Gasteiger partial charge in [0.2, 0.25) is 5.91 Å².